The summed E-state index contributed by atoms with van der Waals surface area (Å²) in [6.45, 7) is 0.394. The largest absolute Gasteiger partial charge is 0.493 e. The van der Waals surface area contributed by atoms with Crippen LogP contribution in [0.3, 0.4) is 0 Å². The van der Waals surface area contributed by atoms with E-state index in [4.69, 9.17) is 4.74 Å². The van der Waals surface area contributed by atoms with Crippen molar-refractivity contribution in [2.45, 2.75) is 31.4 Å². The number of aliphatic hydroxyl groups excluding tert-OH is 1. The Morgan fingerprint density at radius 2 is 2.16 bits per heavy atom. The molecule has 1 aromatic carbocycles. The number of aliphatic hydroxyl groups is 1. The molecule has 1 saturated carbocycles. The number of nitrogens with one attached hydrogen (secondary N) is 1. The molecular weight excluding hydrogens is 249 g/mol. The Bertz CT molecular complexity index is 501. The van der Waals surface area contributed by atoms with Crippen molar-refractivity contribution in [1.82, 2.24) is 5.32 Å². The highest BCUT2D eigenvalue weighted by molar-refractivity contribution is 5.81. The van der Waals surface area contributed by atoms with Crippen LogP contribution in [0.5, 0.6) is 5.75 Å². The lowest BCUT2D eigenvalue weighted by Gasteiger charge is -2.22. The van der Waals surface area contributed by atoms with E-state index in [0.717, 1.165) is 12.8 Å². The van der Waals surface area contributed by atoms with Gasteiger partial charge in [0.15, 0.2) is 0 Å². The SMILES string of the molecule is O=C(NC1CCOc2ccc(F)cc2C1O)C1CC1. The minimum absolute atomic E-state index is 0.0242. The minimum atomic E-state index is -0.934. The number of hydrogen-bond donors (Lipinski definition) is 2. The Morgan fingerprint density at radius 3 is 2.89 bits per heavy atom. The van der Waals surface area contributed by atoms with E-state index in [-0.39, 0.29) is 11.8 Å². The molecule has 1 aliphatic heterocycles. The van der Waals surface area contributed by atoms with Gasteiger partial charge in [-0.25, -0.2) is 4.39 Å². The third-order valence-corrected chi connectivity index (χ3v) is 3.63. The summed E-state index contributed by atoms with van der Waals surface area (Å²) in [6.07, 6.45) is 1.40. The summed E-state index contributed by atoms with van der Waals surface area (Å²) in [5.41, 5.74) is 0.401. The van der Waals surface area contributed by atoms with Crippen LogP contribution in [0.4, 0.5) is 4.39 Å². The second-order valence-electron chi connectivity index (χ2n) is 5.15. The first-order chi connectivity index (χ1) is 9.15. The quantitative estimate of drug-likeness (QED) is 0.852. The van der Waals surface area contributed by atoms with Gasteiger partial charge < -0.3 is 15.2 Å². The number of benzene rings is 1. The van der Waals surface area contributed by atoms with Crippen molar-refractivity contribution in [2.75, 3.05) is 6.61 Å². The second-order valence-corrected chi connectivity index (χ2v) is 5.15. The summed E-state index contributed by atoms with van der Waals surface area (Å²) in [6, 6.07) is 3.66. The van der Waals surface area contributed by atoms with Gasteiger partial charge in [-0.2, -0.15) is 0 Å². The van der Waals surface area contributed by atoms with E-state index in [1.54, 1.807) is 0 Å². The molecule has 0 spiro atoms. The normalized spacial score (nSPS) is 26.0. The van der Waals surface area contributed by atoms with Crippen molar-refractivity contribution < 1.29 is 19.0 Å². The summed E-state index contributed by atoms with van der Waals surface area (Å²) < 4.78 is 18.8. The molecule has 0 saturated heterocycles. The Labute approximate surface area is 110 Å². The molecule has 1 heterocycles. The highest BCUT2D eigenvalue weighted by Crippen LogP contribution is 2.34. The maximum Gasteiger partial charge on any atom is 0.223 e. The van der Waals surface area contributed by atoms with E-state index in [2.05, 4.69) is 5.32 Å². The molecule has 102 valence electrons. The topological polar surface area (TPSA) is 58.6 Å². The second kappa shape index (κ2) is 4.81. The fraction of sp³-hybridized carbons (Fsp3) is 0.500. The van der Waals surface area contributed by atoms with Gasteiger partial charge in [0.05, 0.1) is 12.6 Å². The van der Waals surface area contributed by atoms with Crippen LogP contribution in [0.15, 0.2) is 18.2 Å². The van der Waals surface area contributed by atoms with Gasteiger partial charge in [-0.3, -0.25) is 4.79 Å². The molecule has 2 aliphatic rings. The number of ether oxygens (including phenoxy) is 1. The van der Waals surface area contributed by atoms with Crippen LogP contribution in [0, 0.1) is 11.7 Å². The molecule has 19 heavy (non-hydrogen) atoms. The first-order valence-electron chi connectivity index (χ1n) is 6.56. The fourth-order valence-electron chi connectivity index (χ4n) is 2.35. The zero-order chi connectivity index (χ0) is 13.4. The predicted molar refractivity (Wildman–Crippen MR) is 66.1 cm³/mol. The number of halogens is 1. The van der Waals surface area contributed by atoms with E-state index in [1.807, 2.05) is 0 Å². The molecule has 1 fully saturated rings. The van der Waals surface area contributed by atoms with Crippen molar-refractivity contribution in [2.24, 2.45) is 5.92 Å². The lowest BCUT2D eigenvalue weighted by Crippen LogP contribution is -2.40. The van der Waals surface area contributed by atoms with E-state index in [0.29, 0.717) is 24.3 Å². The third kappa shape index (κ3) is 2.56. The summed E-state index contributed by atoms with van der Waals surface area (Å²) in [5.74, 6) is 0.125. The average Bonchev–Trinajstić information content (AvgIpc) is 3.21. The smallest absolute Gasteiger partial charge is 0.223 e. The van der Waals surface area contributed by atoms with Crippen LogP contribution < -0.4 is 10.1 Å². The van der Waals surface area contributed by atoms with Crippen LogP contribution in [-0.4, -0.2) is 23.7 Å². The number of hydrogen-bond acceptors (Lipinski definition) is 3. The van der Waals surface area contributed by atoms with E-state index < -0.39 is 18.0 Å². The van der Waals surface area contributed by atoms with E-state index in [1.165, 1.54) is 18.2 Å². The Morgan fingerprint density at radius 1 is 1.37 bits per heavy atom. The molecule has 2 N–H and O–H groups in total. The first kappa shape index (κ1) is 12.4. The van der Waals surface area contributed by atoms with Gasteiger partial charge in [-0.05, 0) is 31.0 Å². The average molecular weight is 265 g/mol. The van der Waals surface area contributed by atoms with Gasteiger partial charge in [0, 0.05) is 17.9 Å². The number of rotatable bonds is 2. The van der Waals surface area contributed by atoms with Crippen molar-refractivity contribution >= 4 is 5.91 Å². The highest BCUT2D eigenvalue weighted by Gasteiger charge is 2.34. The lowest BCUT2D eigenvalue weighted by atomic mass is 10.00. The van der Waals surface area contributed by atoms with Gasteiger partial charge in [0.1, 0.15) is 17.7 Å². The Kier molecular flexibility index (Phi) is 3.14. The third-order valence-electron chi connectivity index (χ3n) is 3.63. The molecule has 1 amide bonds. The Balaban J connectivity index is 1.81. The molecule has 1 aliphatic carbocycles. The number of carbonyl (C=O) groups is 1. The lowest BCUT2D eigenvalue weighted by molar-refractivity contribution is -0.124. The van der Waals surface area contributed by atoms with Crippen LogP contribution >= 0.6 is 0 Å². The van der Waals surface area contributed by atoms with Crippen LogP contribution in [-0.2, 0) is 4.79 Å². The maximum atomic E-state index is 13.3. The van der Waals surface area contributed by atoms with Crippen LogP contribution in [0.1, 0.15) is 30.9 Å². The first-order valence-corrected chi connectivity index (χ1v) is 6.56. The zero-order valence-electron chi connectivity index (χ0n) is 10.4. The van der Waals surface area contributed by atoms with Gasteiger partial charge in [0.25, 0.3) is 0 Å². The zero-order valence-corrected chi connectivity index (χ0v) is 10.4. The molecule has 0 radical (unpaired) electrons. The highest BCUT2D eigenvalue weighted by atomic mass is 19.1. The molecule has 0 bridgehead atoms. The molecule has 2 atom stereocenters. The van der Waals surface area contributed by atoms with Crippen LogP contribution in [0.25, 0.3) is 0 Å². The van der Waals surface area contributed by atoms with E-state index >= 15 is 0 Å². The number of amides is 1. The standard InChI is InChI=1S/C14H16FNO3/c15-9-3-4-12-10(7-9)13(17)11(5-6-19-12)16-14(18)8-1-2-8/h3-4,7-8,11,13,17H,1-2,5-6H2,(H,16,18). The summed E-state index contributed by atoms with van der Waals surface area (Å²) in [7, 11) is 0. The Hall–Kier alpha value is -1.62. The summed E-state index contributed by atoms with van der Waals surface area (Å²) in [4.78, 5) is 11.8. The van der Waals surface area contributed by atoms with Crippen molar-refractivity contribution in [3.63, 3.8) is 0 Å². The van der Waals surface area contributed by atoms with Crippen molar-refractivity contribution in [1.29, 1.82) is 0 Å². The van der Waals surface area contributed by atoms with Crippen LogP contribution in [0.2, 0.25) is 0 Å². The minimum Gasteiger partial charge on any atom is -0.493 e. The molecule has 1 aromatic rings. The monoisotopic (exact) mass is 265 g/mol. The molecule has 4 nitrogen and oxygen atoms in total. The van der Waals surface area contributed by atoms with E-state index in [9.17, 15) is 14.3 Å². The molecule has 3 rings (SSSR count). The van der Waals surface area contributed by atoms with Gasteiger partial charge in [0.2, 0.25) is 5.91 Å². The van der Waals surface area contributed by atoms with Gasteiger partial charge in [-0.1, -0.05) is 0 Å². The molecule has 2 unspecified atom stereocenters. The molecule has 0 aromatic heterocycles. The predicted octanol–water partition coefficient (Wildman–Crippen LogP) is 1.54. The number of fused-ring (bicyclic) bond motifs is 1. The van der Waals surface area contributed by atoms with Gasteiger partial charge >= 0.3 is 0 Å². The molecule has 5 heteroatoms. The van der Waals surface area contributed by atoms with Gasteiger partial charge in [-0.15, -0.1) is 0 Å². The number of carbonyl (C=O) groups excluding carboxylic acids is 1. The summed E-state index contributed by atoms with van der Waals surface area (Å²) in [5, 5.41) is 13.2. The fourth-order valence-corrected chi connectivity index (χ4v) is 2.35. The maximum absolute atomic E-state index is 13.3. The van der Waals surface area contributed by atoms with Crippen molar-refractivity contribution in [3.8, 4) is 5.75 Å². The molecular formula is C14H16FNO3. The summed E-state index contributed by atoms with van der Waals surface area (Å²) >= 11 is 0. The van der Waals surface area contributed by atoms with Crippen molar-refractivity contribution in [3.05, 3.63) is 29.6 Å².